The molecule has 1 aliphatic heterocycles. The number of amides is 1. The topological polar surface area (TPSA) is 79.2 Å². The number of amidine groups is 1. The number of carbonyl (C=O) groups excluding carboxylic acids is 1. The molecule has 0 spiro atoms. The maximum atomic E-state index is 12.2. The maximum absolute atomic E-state index is 12.2. The standard InChI is InChI=1S/C20H17BrN2O4S/c1-22-20-23(2)18(24)17(28-20)10-12-6-7-16(15(21)9-12)27-11-13-4-3-5-14(8-13)19(25)26/h3-10H,11H2,1-2H3,(H,25,26). The highest BCUT2D eigenvalue weighted by Crippen LogP contribution is 2.33. The number of carbonyl (C=O) groups is 2. The van der Waals surface area contributed by atoms with Crippen molar-refractivity contribution < 1.29 is 19.4 Å². The van der Waals surface area contributed by atoms with Crippen LogP contribution < -0.4 is 4.74 Å². The largest absolute Gasteiger partial charge is 0.488 e. The smallest absolute Gasteiger partial charge is 0.335 e. The zero-order valence-corrected chi connectivity index (χ0v) is 17.6. The normalized spacial score (nSPS) is 16.8. The van der Waals surface area contributed by atoms with Crippen molar-refractivity contribution >= 4 is 50.8 Å². The second kappa shape index (κ2) is 8.62. The first kappa shape index (κ1) is 20.2. The number of carboxylic acids is 1. The zero-order chi connectivity index (χ0) is 20.3. The van der Waals surface area contributed by atoms with Gasteiger partial charge in [-0.25, -0.2) is 4.79 Å². The Morgan fingerprint density at radius 2 is 2.11 bits per heavy atom. The molecule has 1 N–H and O–H groups in total. The minimum absolute atomic E-state index is 0.0830. The Balaban J connectivity index is 1.73. The summed E-state index contributed by atoms with van der Waals surface area (Å²) in [4.78, 5) is 29.5. The Labute approximate surface area is 175 Å². The molecule has 2 aromatic rings. The molecule has 0 radical (unpaired) electrons. The summed E-state index contributed by atoms with van der Waals surface area (Å²) in [6.45, 7) is 0.246. The summed E-state index contributed by atoms with van der Waals surface area (Å²) in [6, 6.07) is 12.2. The number of benzene rings is 2. The highest BCUT2D eigenvalue weighted by atomic mass is 79.9. The van der Waals surface area contributed by atoms with Gasteiger partial charge in [-0.15, -0.1) is 0 Å². The number of hydrogen-bond acceptors (Lipinski definition) is 5. The molecular formula is C20H17BrN2O4S. The molecule has 0 bridgehead atoms. The first-order valence-corrected chi connectivity index (χ1v) is 9.89. The van der Waals surface area contributed by atoms with Crippen LogP contribution in [0.15, 0.2) is 56.8 Å². The molecule has 0 aromatic heterocycles. The van der Waals surface area contributed by atoms with E-state index < -0.39 is 5.97 Å². The first-order valence-electron chi connectivity index (χ1n) is 8.28. The highest BCUT2D eigenvalue weighted by Gasteiger charge is 2.29. The number of carboxylic acid groups (broad SMARTS) is 1. The van der Waals surface area contributed by atoms with Gasteiger partial charge in [0.05, 0.1) is 14.9 Å². The van der Waals surface area contributed by atoms with Crippen LogP contribution in [0.3, 0.4) is 0 Å². The Kier molecular flexibility index (Phi) is 6.21. The highest BCUT2D eigenvalue weighted by molar-refractivity contribution is 9.10. The van der Waals surface area contributed by atoms with Gasteiger partial charge in [0, 0.05) is 14.1 Å². The number of rotatable bonds is 5. The number of thioether (sulfide) groups is 1. The molecule has 0 aliphatic carbocycles. The van der Waals surface area contributed by atoms with E-state index in [1.54, 1.807) is 38.4 Å². The number of ether oxygens (including phenoxy) is 1. The van der Waals surface area contributed by atoms with Crippen molar-refractivity contribution in [2.45, 2.75) is 6.61 Å². The maximum Gasteiger partial charge on any atom is 0.335 e. The number of aliphatic imine (C=N–C) groups is 1. The molecule has 8 heteroatoms. The summed E-state index contributed by atoms with van der Waals surface area (Å²) in [5.41, 5.74) is 1.84. The van der Waals surface area contributed by atoms with Crippen LogP contribution in [-0.4, -0.2) is 41.1 Å². The summed E-state index contributed by atoms with van der Waals surface area (Å²) < 4.78 is 6.54. The average Bonchev–Trinajstić information content (AvgIpc) is 2.95. The Bertz CT molecular complexity index is 1000. The molecule has 1 fully saturated rings. The van der Waals surface area contributed by atoms with E-state index in [2.05, 4.69) is 20.9 Å². The molecule has 28 heavy (non-hydrogen) atoms. The summed E-state index contributed by atoms with van der Waals surface area (Å²) in [5.74, 6) is -0.428. The number of likely N-dealkylation sites (N-methyl/N-ethyl adjacent to an activating group) is 1. The van der Waals surface area contributed by atoms with Crippen LogP contribution >= 0.6 is 27.7 Å². The van der Waals surface area contributed by atoms with Gasteiger partial charge in [0.25, 0.3) is 5.91 Å². The summed E-state index contributed by atoms with van der Waals surface area (Å²) in [6.07, 6.45) is 1.81. The Hall–Kier alpha value is -2.58. The lowest BCUT2D eigenvalue weighted by Gasteiger charge is -2.09. The molecule has 2 aromatic carbocycles. The second-order valence-electron chi connectivity index (χ2n) is 5.97. The number of nitrogens with zero attached hydrogens (tertiary/aromatic N) is 2. The van der Waals surface area contributed by atoms with Gasteiger partial charge in [0.1, 0.15) is 12.4 Å². The molecule has 3 rings (SSSR count). The minimum Gasteiger partial charge on any atom is -0.488 e. The van der Waals surface area contributed by atoms with Crippen LogP contribution in [0.25, 0.3) is 6.08 Å². The van der Waals surface area contributed by atoms with Gasteiger partial charge >= 0.3 is 5.97 Å². The van der Waals surface area contributed by atoms with E-state index in [0.717, 1.165) is 15.6 Å². The van der Waals surface area contributed by atoms with Crippen molar-refractivity contribution in [1.82, 2.24) is 4.90 Å². The molecular weight excluding hydrogens is 444 g/mol. The van der Waals surface area contributed by atoms with Crippen LogP contribution in [0.5, 0.6) is 5.75 Å². The van der Waals surface area contributed by atoms with Gasteiger partial charge in [0.2, 0.25) is 0 Å². The molecule has 0 unspecified atom stereocenters. The number of aromatic carboxylic acids is 1. The van der Waals surface area contributed by atoms with E-state index >= 15 is 0 Å². The fraction of sp³-hybridized carbons (Fsp3) is 0.150. The monoisotopic (exact) mass is 460 g/mol. The third-order valence-corrected chi connectivity index (χ3v) is 5.79. The molecule has 0 saturated carbocycles. The number of hydrogen-bond donors (Lipinski definition) is 1. The van der Waals surface area contributed by atoms with Crippen molar-refractivity contribution in [3.8, 4) is 5.75 Å². The van der Waals surface area contributed by atoms with Crippen molar-refractivity contribution in [2.75, 3.05) is 14.1 Å². The predicted octanol–water partition coefficient (Wildman–Crippen LogP) is 4.26. The average molecular weight is 461 g/mol. The Morgan fingerprint density at radius 1 is 1.32 bits per heavy atom. The van der Waals surface area contributed by atoms with E-state index in [0.29, 0.717) is 15.8 Å². The van der Waals surface area contributed by atoms with Crippen LogP contribution in [0.4, 0.5) is 0 Å². The molecule has 6 nitrogen and oxygen atoms in total. The van der Waals surface area contributed by atoms with E-state index in [9.17, 15) is 9.59 Å². The van der Waals surface area contributed by atoms with Crippen molar-refractivity contribution in [2.24, 2.45) is 4.99 Å². The third-order valence-electron chi connectivity index (χ3n) is 4.02. The van der Waals surface area contributed by atoms with Gasteiger partial charge in [0.15, 0.2) is 5.17 Å². The molecule has 1 amide bonds. The van der Waals surface area contributed by atoms with Crippen molar-refractivity contribution in [3.05, 3.63) is 68.5 Å². The van der Waals surface area contributed by atoms with Gasteiger partial charge in [-0.05, 0) is 69.2 Å². The molecule has 1 aliphatic rings. The van der Waals surface area contributed by atoms with Crippen LogP contribution in [0, 0.1) is 0 Å². The Morgan fingerprint density at radius 3 is 2.75 bits per heavy atom. The molecule has 0 atom stereocenters. The van der Waals surface area contributed by atoms with Crippen molar-refractivity contribution in [1.29, 1.82) is 0 Å². The third kappa shape index (κ3) is 4.45. The van der Waals surface area contributed by atoms with Crippen molar-refractivity contribution in [3.63, 3.8) is 0 Å². The molecule has 144 valence electrons. The van der Waals surface area contributed by atoms with E-state index in [-0.39, 0.29) is 18.1 Å². The van der Waals surface area contributed by atoms with Crippen LogP contribution in [0.1, 0.15) is 21.5 Å². The molecule has 1 heterocycles. The van der Waals surface area contributed by atoms with E-state index in [1.165, 1.54) is 16.7 Å². The zero-order valence-electron chi connectivity index (χ0n) is 15.2. The van der Waals surface area contributed by atoms with Gasteiger partial charge in [-0.3, -0.25) is 14.7 Å². The lowest BCUT2D eigenvalue weighted by Crippen LogP contribution is -2.23. The fourth-order valence-corrected chi connectivity index (χ4v) is 4.02. The predicted molar refractivity (Wildman–Crippen MR) is 114 cm³/mol. The van der Waals surface area contributed by atoms with Gasteiger partial charge in [-0.2, -0.15) is 0 Å². The lowest BCUT2D eigenvalue weighted by atomic mass is 10.1. The van der Waals surface area contributed by atoms with E-state index in [1.807, 2.05) is 24.3 Å². The summed E-state index contributed by atoms with van der Waals surface area (Å²) in [5, 5.41) is 9.73. The lowest BCUT2D eigenvalue weighted by molar-refractivity contribution is -0.121. The number of halogens is 1. The van der Waals surface area contributed by atoms with Gasteiger partial charge in [-0.1, -0.05) is 18.2 Å². The fourth-order valence-electron chi connectivity index (χ4n) is 2.58. The first-order chi connectivity index (χ1) is 13.4. The minimum atomic E-state index is -0.971. The summed E-state index contributed by atoms with van der Waals surface area (Å²) >= 11 is 4.82. The SMILES string of the molecule is CN=C1SC(=Cc2ccc(OCc3cccc(C(=O)O)c3)c(Br)c2)C(=O)N1C. The quantitative estimate of drug-likeness (QED) is 0.674. The van der Waals surface area contributed by atoms with E-state index in [4.69, 9.17) is 9.84 Å². The summed E-state index contributed by atoms with van der Waals surface area (Å²) in [7, 11) is 3.36. The van der Waals surface area contributed by atoms with Crippen LogP contribution in [0.2, 0.25) is 0 Å². The van der Waals surface area contributed by atoms with Crippen LogP contribution in [-0.2, 0) is 11.4 Å². The second-order valence-corrected chi connectivity index (χ2v) is 7.83. The molecule has 1 saturated heterocycles. The van der Waals surface area contributed by atoms with Gasteiger partial charge < -0.3 is 9.84 Å².